The lowest BCUT2D eigenvalue weighted by Crippen LogP contribution is -2.41. The van der Waals surface area contributed by atoms with Crippen molar-refractivity contribution in [3.8, 4) is 22.5 Å². The highest BCUT2D eigenvalue weighted by molar-refractivity contribution is 9.10. The van der Waals surface area contributed by atoms with Crippen molar-refractivity contribution in [2.24, 2.45) is 0 Å². The monoisotopic (exact) mass is 1390 g/mol. The van der Waals surface area contributed by atoms with Crippen LogP contribution in [0.15, 0.2) is 187 Å². The number of hydrogen-bond donors (Lipinski definition) is 1. The number of benzene rings is 6. The van der Waals surface area contributed by atoms with Gasteiger partial charge in [-0.05, 0) is 211 Å². The highest BCUT2D eigenvalue weighted by Gasteiger charge is 2.52. The molecule has 0 spiro atoms. The number of carbonyl (C=O) groups is 3. The fraction of sp³-hybridized carbons (Fsp3) is 0.206. The van der Waals surface area contributed by atoms with Crippen LogP contribution in [0.5, 0.6) is 0 Å². The molecular formula is C68H55BBrCl2F10N3O8. The van der Waals surface area contributed by atoms with Crippen LogP contribution in [0.4, 0.5) is 43.9 Å². The van der Waals surface area contributed by atoms with Gasteiger partial charge in [0.2, 0.25) is 0 Å². The summed E-state index contributed by atoms with van der Waals surface area (Å²) in [6.07, 6.45) is -7.98. The standard InChI is InChI=1S/C22H24BF3O4.C21H15ClF3NO2.C20H13ClF3NO2.C5H3BrFN/c1-20(2)21(3,4)30-23(29-20)18-13-16(19(27)28-5)9-8-15(18)12-14-6-10-17(11-7-14)22(24,25)26;1-28-20(27)15-5-4-14(18(11-15)19-9-8-17(22)12-26-19)10-13-2-6-16(7-3-13)21(23,24)25;21-16-7-8-18(25-11-16)17-10-14(19(26)27)4-3-13(17)9-12-1-5-15(6-2-12)20(22,23)24;6-5-2-1-4(7)3-8-5/h6-11,13H,12H2,1-5H3;2-9,11-12H,10H2,1H3;1-8,10-11H,9H2,(H,26,27);1-3H. The average molecular weight is 1390 g/mol. The second-order valence-electron chi connectivity index (χ2n) is 21.7. The zero-order valence-electron chi connectivity index (χ0n) is 50.1. The Kier molecular flexibility index (Phi) is 23.6. The number of nitrogens with zero attached hydrogens (tertiary/aromatic N) is 3. The molecule has 93 heavy (non-hydrogen) atoms. The minimum absolute atomic E-state index is 0.0953. The maximum Gasteiger partial charge on any atom is 0.495 e. The van der Waals surface area contributed by atoms with Crippen LogP contribution in [0, 0.1) is 5.82 Å². The van der Waals surface area contributed by atoms with Gasteiger partial charge >= 0.3 is 43.6 Å². The van der Waals surface area contributed by atoms with E-state index in [1.54, 1.807) is 72.8 Å². The number of aromatic carboxylic acids is 1. The van der Waals surface area contributed by atoms with Gasteiger partial charge in [-0.25, -0.2) is 23.8 Å². The van der Waals surface area contributed by atoms with E-state index in [1.165, 1.54) is 81.2 Å². The van der Waals surface area contributed by atoms with Gasteiger partial charge in [0.25, 0.3) is 0 Å². The van der Waals surface area contributed by atoms with Crippen LogP contribution in [-0.2, 0) is 56.6 Å². The maximum absolute atomic E-state index is 12.8. The van der Waals surface area contributed by atoms with Crippen LogP contribution in [0.1, 0.15) is 109 Å². The Morgan fingerprint density at radius 2 is 0.860 bits per heavy atom. The molecule has 3 aromatic heterocycles. The quantitative estimate of drug-likeness (QED) is 0.0539. The molecule has 1 N–H and O–H groups in total. The summed E-state index contributed by atoms with van der Waals surface area (Å²) >= 11 is 14.8. The first-order valence-corrected chi connectivity index (χ1v) is 29.3. The molecule has 4 heterocycles. The van der Waals surface area contributed by atoms with Crippen LogP contribution in [0.3, 0.4) is 0 Å². The minimum atomic E-state index is -4.39. The Morgan fingerprint density at radius 3 is 1.19 bits per heavy atom. The molecule has 1 aliphatic rings. The van der Waals surface area contributed by atoms with Gasteiger partial charge in [-0.1, -0.05) is 77.8 Å². The fourth-order valence-corrected chi connectivity index (χ4v) is 9.49. The Balaban J connectivity index is 0.000000186. The van der Waals surface area contributed by atoms with E-state index in [0.29, 0.717) is 89.7 Å². The van der Waals surface area contributed by atoms with E-state index in [1.807, 2.05) is 27.7 Å². The number of aromatic nitrogens is 3. The normalized spacial score (nSPS) is 13.3. The Bertz CT molecular complexity index is 4010. The molecule has 1 fully saturated rings. The third-order valence-electron chi connectivity index (χ3n) is 14.7. The van der Waals surface area contributed by atoms with Gasteiger partial charge in [-0.15, -0.1) is 0 Å². The number of carboxylic acids is 1. The van der Waals surface area contributed by atoms with Crippen molar-refractivity contribution in [2.75, 3.05) is 14.2 Å². The number of carbonyl (C=O) groups excluding carboxylic acids is 2. The molecule has 1 saturated heterocycles. The number of alkyl halides is 9. The van der Waals surface area contributed by atoms with E-state index in [4.69, 9.17) is 42.0 Å². The summed E-state index contributed by atoms with van der Waals surface area (Å²) in [6, 6.07) is 39.1. The summed E-state index contributed by atoms with van der Waals surface area (Å²) in [5.74, 6) is -2.37. The van der Waals surface area contributed by atoms with Gasteiger partial charge in [0, 0.05) is 23.5 Å². The Morgan fingerprint density at radius 1 is 0.495 bits per heavy atom. The highest BCUT2D eigenvalue weighted by Crippen LogP contribution is 2.38. The van der Waals surface area contributed by atoms with Crippen molar-refractivity contribution in [3.05, 3.63) is 270 Å². The van der Waals surface area contributed by atoms with Crippen LogP contribution >= 0.6 is 39.1 Å². The number of ether oxygens (including phenoxy) is 2. The molecule has 0 unspecified atom stereocenters. The number of rotatable bonds is 12. The number of halogens is 13. The molecule has 484 valence electrons. The number of esters is 2. The summed E-state index contributed by atoms with van der Waals surface area (Å²) < 4.78 is 149. The first-order chi connectivity index (χ1) is 43.6. The maximum atomic E-state index is 12.8. The van der Waals surface area contributed by atoms with Crippen molar-refractivity contribution >= 4 is 69.6 Å². The highest BCUT2D eigenvalue weighted by atomic mass is 79.9. The average Bonchev–Trinajstić information content (AvgIpc) is 1.66. The predicted octanol–water partition coefficient (Wildman–Crippen LogP) is 17.9. The summed E-state index contributed by atoms with van der Waals surface area (Å²) in [5, 5.41) is 10.2. The molecule has 0 aliphatic carbocycles. The molecule has 0 saturated carbocycles. The number of pyridine rings is 3. The van der Waals surface area contributed by atoms with Crippen molar-refractivity contribution in [2.45, 2.75) is 76.7 Å². The second-order valence-corrected chi connectivity index (χ2v) is 23.4. The molecule has 1 aliphatic heterocycles. The molecule has 0 radical (unpaired) electrons. The van der Waals surface area contributed by atoms with E-state index >= 15 is 0 Å². The van der Waals surface area contributed by atoms with Gasteiger partial charge in [0.05, 0.1) is 86.4 Å². The van der Waals surface area contributed by atoms with Crippen molar-refractivity contribution in [1.82, 2.24) is 15.0 Å². The first-order valence-electron chi connectivity index (χ1n) is 27.8. The van der Waals surface area contributed by atoms with Crippen LogP contribution < -0.4 is 5.46 Å². The van der Waals surface area contributed by atoms with Gasteiger partial charge < -0.3 is 23.9 Å². The first kappa shape index (κ1) is 72.0. The van der Waals surface area contributed by atoms with Gasteiger partial charge in [-0.2, -0.15) is 39.5 Å². The van der Waals surface area contributed by atoms with Crippen molar-refractivity contribution in [3.63, 3.8) is 0 Å². The fourth-order valence-electron chi connectivity index (χ4n) is 9.03. The van der Waals surface area contributed by atoms with Crippen LogP contribution in [-0.4, -0.2) is 70.5 Å². The predicted molar refractivity (Wildman–Crippen MR) is 336 cm³/mol. The molecular weight excluding hydrogens is 1340 g/mol. The third-order valence-corrected chi connectivity index (χ3v) is 15.6. The van der Waals surface area contributed by atoms with Crippen molar-refractivity contribution in [1.29, 1.82) is 0 Å². The van der Waals surface area contributed by atoms with Crippen LogP contribution in [0.2, 0.25) is 10.0 Å². The molecule has 0 atom stereocenters. The largest absolute Gasteiger partial charge is 0.495 e. The minimum Gasteiger partial charge on any atom is -0.478 e. The summed E-state index contributed by atoms with van der Waals surface area (Å²) in [5.41, 5.74) is 4.99. The van der Waals surface area contributed by atoms with E-state index in [0.717, 1.165) is 59.3 Å². The van der Waals surface area contributed by atoms with E-state index in [9.17, 15) is 63.4 Å². The van der Waals surface area contributed by atoms with E-state index in [-0.39, 0.29) is 11.4 Å². The topological polar surface area (TPSA) is 147 Å². The van der Waals surface area contributed by atoms with Crippen molar-refractivity contribution < 1.29 is 82.2 Å². The molecule has 11 nitrogen and oxygen atoms in total. The molecule has 6 aromatic carbocycles. The molecule has 9 aromatic rings. The van der Waals surface area contributed by atoms with E-state index < -0.39 is 71.4 Å². The van der Waals surface area contributed by atoms with E-state index in [2.05, 4.69) is 30.9 Å². The van der Waals surface area contributed by atoms with Gasteiger partial charge in [0.1, 0.15) is 10.4 Å². The smallest absolute Gasteiger partial charge is 0.478 e. The Labute approximate surface area is 547 Å². The molecule has 0 amide bonds. The lowest BCUT2D eigenvalue weighted by atomic mass is 9.74. The zero-order valence-corrected chi connectivity index (χ0v) is 53.2. The summed E-state index contributed by atoms with van der Waals surface area (Å²) in [6.45, 7) is 7.69. The summed E-state index contributed by atoms with van der Waals surface area (Å²) in [7, 11) is 1.87. The second kappa shape index (κ2) is 30.5. The molecule has 25 heteroatoms. The number of hydrogen-bond acceptors (Lipinski definition) is 10. The lowest BCUT2D eigenvalue weighted by molar-refractivity contribution is -0.138. The lowest BCUT2D eigenvalue weighted by Gasteiger charge is -2.32. The zero-order chi connectivity index (χ0) is 68.2. The van der Waals surface area contributed by atoms with Crippen LogP contribution in [0.25, 0.3) is 22.5 Å². The number of carboxylic acid groups (broad SMARTS) is 1. The molecule has 0 bridgehead atoms. The summed E-state index contributed by atoms with van der Waals surface area (Å²) in [4.78, 5) is 47.3. The molecule has 10 rings (SSSR count). The Hall–Kier alpha value is -8.48. The van der Waals surface area contributed by atoms with Gasteiger partial charge in [0.15, 0.2) is 0 Å². The number of methoxy groups -OCH3 is 2. The van der Waals surface area contributed by atoms with Gasteiger partial charge in [-0.3, -0.25) is 9.97 Å². The third kappa shape index (κ3) is 19.8. The SMILES string of the molecule is COC(=O)c1ccc(Cc2ccc(C(F)(F)F)cc2)c(-c2ccc(Cl)cn2)c1.COC(=O)c1ccc(Cc2ccc(C(F)(F)F)cc2)c(B2OC(C)(C)C(C)(C)O2)c1.Fc1ccc(Br)nc1.O=C(O)c1ccc(Cc2ccc(C(F)(F)F)cc2)c(-c2ccc(Cl)cn2)c1.